The number of hydrogen-bond acceptors (Lipinski definition) is 2. The average Bonchev–Trinajstić information content (AvgIpc) is 2.41. The van der Waals surface area contributed by atoms with Gasteiger partial charge in [0.25, 0.3) is 0 Å². The molecule has 0 aliphatic carbocycles. The first kappa shape index (κ1) is 16.7. The molecule has 1 aliphatic heterocycles. The summed E-state index contributed by atoms with van der Waals surface area (Å²) in [6, 6.07) is 2.67. The maximum atomic E-state index is 13.4. The van der Waals surface area contributed by atoms with Crippen LogP contribution in [0, 0.1) is 17.6 Å². The van der Waals surface area contributed by atoms with Crippen LogP contribution >= 0.6 is 0 Å². The van der Waals surface area contributed by atoms with Crippen molar-refractivity contribution in [3.63, 3.8) is 0 Å². The van der Waals surface area contributed by atoms with Gasteiger partial charge in [0.1, 0.15) is 11.6 Å². The van der Waals surface area contributed by atoms with E-state index in [0.29, 0.717) is 19.0 Å². The molecule has 3 nitrogen and oxygen atoms in total. The number of hydrogen-bond donors (Lipinski definition) is 1. The Balaban J connectivity index is 1.91. The van der Waals surface area contributed by atoms with Gasteiger partial charge in [0, 0.05) is 12.6 Å². The Morgan fingerprint density at radius 2 is 2.05 bits per heavy atom. The van der Waals surface area contributed by atoms with Gasteiger partial charge in [-0.2, -0.15) is 13.2 Å². The van der Waals surface area contributed by atoms with Gasteiger partial charge in [-0.15, -0.1) is 0 Å². The first-order chi connectivity index (χ1) is 10.3. The molecule has 1 saturated heterocycles. The normalized spacial score (nSPS) is 20.0. The zero-order valence-electron chi connectivity index (χ0n) is 11.6. The van der Waals surface area contributed by atoms with Crippen molar-refractivity contribution in [3.8, 4) is 0 Å². The SMILES string of the molecule is O=C(CN1CCC[C@@H](C(F)(F)F)C1)Nc1ccc(F)cc1F. The summed E-state index contributed by atoms with van der Waals surface area (Å²) in [7, 11) is 0. The van der Waals surface area contributed by atoms with E-state index < -0.39 is 29.6 Å². The second kappa shape index (κ2) is 6.60. The summed E-state index contributed by atoms with van der Waals surface area (Å²) in [5.41, 5.74) is -0.198. The van der Waals surface area contributed by atoms with Crippen LogP contribution in [-0.4, -0.2) is 36.6 Å². The number of carbonyl (C=O) groups is 1. The monoisotopic (exact) mass is 322 g/mol. The Hall–Kier alpha value is -1.70. The predicted molar refractivity (Wildman–Crippen MR) is 70.2 cm³/mol. The maximum Gasteiger partial charge on any atom is 0.393 e. The van der Waals surface area contributed by atoms with Crippen LogP contribution in [0.25, 0.3) is 0 Å². The molecule has 22 heavy (non-hydrogen) atoms. The highest BCUT2D eigenvalue weighted by Crippen LogP contribution is 2.33. The van der Waals surface area contributed by atoms with Crippen molar-refractivity contribution in [1.82, 2.24) is 4.90 Å². The van der Waals surface area contributed by atoms with Gasteiger partial charge in [-0.1, -0.05) is 0 Å². The fourth-order valence-corrected chi connectivity index (χ4v) is 2.45. The Morgan fingerprint density at radius 3 is 2.68 bits per heavy atom. The van der Waals surface area contributed by atoms with E-state index in [1.54, 1.807) is 0 Å². The standard InChI is InChI=1S/C14H15F5N2O/c15-10-3-4-12(11(16)6-10)20-13(22)8-21-5-1-2-9(7-21)14(17,18)19/h3-4,6,9H,1-2,5,7-8H2,(H,20,22)/t9-/m1/s1. The molecule has 0 radical (unpaired) electrons. The van der Waals surface area contributed by atoms with E-state index >= 15 is 0 Å². The van der Waals surface area contributed by atoms with Crippen LogP contribution in [0.1, 0.15) is 12.8 Å². The van der Waals surface area contributed by atoms with Gasteiger partial charge in [0.15, 0.2) is 0 Å². The van der Waals surface area contributed by atoms with Gasteiger partial charge >= 0.3 is 6.18 Å². The van der Waals surface area contributed by atoms with Crippen LogP contribution in [-0.2, 0) is 4.79 Å². The molecule has 1 fully saturated rings. The number of nitrogens with zero attached hydrogens (tertiary/aromatic N) is 1. The summed E-state index contributed by atoms with van der Waals surface area (Å²) in [6.07, 6.45) is -3.88. The maximum absolute atomic E-state index is 13.4. The number of halogens is 5. The van der Waals surface area contributed by atoms with Gasteiger partial charge in [0.2, 0.25) is 5.91 Å². The third kappa shape index (κ3) is 4.40. The van der Waals surface area contributed by atoms with Gasteiger partial charge in [0.05, 0.1) is 18.2 Å². The number of carbonyl (C=O) groups excluding carboxylic acids is 1. The molecule has 0 bridgehead atoms. The van der Waals surface area contributed by atoms with E-state index in [0.717, 1.165) is 12.1 Å². The second-order valence-electron chi connectivity index (χ2n) is 5.29. The van der Waals surface area contributed by atoms with Crippen molar-refractivity contribution in [3.05, 3.63) is 29.8 Å². The van der Waals surface area contributed by atoms with Crippen molar-refractivity contribution >= 4 is 11.6 Å². The van der Waals surface area contributed by atoms with Crippen molar-refractivity contribution in [2.75, 3.05) is 25.0 Å². The molecular formula is C14H15F5N2O. The summed E-state index contributed by atoms with van der Waals surface area (Å²) in [6.45, 7) is -0.127. The average molecular weight is 322 g/mol. The lowest BCUT2D eigenvalue weighted by molar-refractivity contribution is -0.186. The summed E-state index contributed by atoms with van der Waals surface area (Å²) >= 11 is 0. The minimum atomic E-state index is -4.28. The van der Waals surface area contributed by atoms with Crippen LogP contribution in [0.5, 0.6) is 0 Å². The van der Waals surface area contributed by atoms with Crippen molar-refractivity contribution in [2.24, 2.45) is 5.92 Å². The highest BCUT2D eigenvalue weighted by atomic mass is 19.4. The topological polar surface area (TPSA) is 32.3 Å². The fourth-order valence-electron chi connectivity index (χ4n) is 2.45. The zero-order chi connectivity index (χ0) is 16.3. The Morgan fingerprint density at radius 1 is 1.32 bits per heavy atom. The van der Waals surface area contributed by atoms with Crippen molar-refractivity contribution in [2.45, 2.75) is 19.0 Å². The summed E-state index contributed by atoms with van der Waals surface area (Å²) < 4.78 is 64.2. The summed E-state index contributed by atoms with van der Waals surface area (Å²) in [5, 5.41) is 2.23. The van der Waals surface area contributed by atoms with E-state index in [9.17, 15) is 26.7 Å². The number of rotatable bonds is 3. The molecule has 0 unspecified atom stereocenters. The molecule has 1 N–H and O–H groups in total. The second-order valence-corrected chi connectivity index (χ2v) is 5.29. The van der Waals surface area contributed by atoms with Crippen LogP contribution in [0.4, 0.5) is 27.6 Å². The number of amides is 1. The van der Waals surface area contributed by atoms with E-state index in [-0.39, 0.29) is 25.2 Å². The van der Waals surface area contributed by atoms with Crippen molar-refractivity contribution in [1.29, 1.82) is 0 Å². The highest BCUT2D eigenvalue weighted by molar-refractivity contribution is 5.92. The molecule has 1 aromatic rings. The molecule has 1 aromatic carbocycles. The lowest BCUT2D eigenvalue weighted by Crippen LogP contribution is -2.44. The van der Waals surface area contributed by atoms with Gasteiger partial charge in [-0.05, 0) is 31.5 Å². The van der Waals surface area contributed by atoms with Crippen LogP contribution < -0.4 is 5.32 Å². The smallest absolute Gasteiger partial charge is 0.322 e. The third-order valence-electron chi connectivity index (χ3n) is 3.54. The van der Waals surface area contributed by atoms with E-state index in [4.69, 9.17) is 0 Å². The lowest BCUT2D eigenvalue weighted by Gasteiger charge is -2.33. The van der Waals surface area contributed by atoms with E-state index in [1.807, 2.05) is 0 Å². The molecule has 2 rings (SSSR count). The third-order valence-corrected chi connectivity index (χ3v) is 3.54. The van der Waals surface area contributed by atoms with Gasteiger partial charge < -0.3 is 5.32 Å². The lowest BCUT2D eigenvalue weighted by atomic mass is 9.97. The highest BCUT2D eigenvalue weighted by Gasteiger charge is 2.41. The molecule has 1 atom stereocenters. The molecule has 0 spiro atoms. The number of piperidine rings is 1. The minimum Gasteiger partial charge on any atom is -0.322 e. The number of alkyl halides is 3. The molecule has 0 saturated carbocycles. The van der Waals surface area contributed by atoms with E-state index in [2.05, 4.69) is 5.32 Å². The molecule has 1 amide bonds. The summed E-state index contributed by atoms with van der Waals surface area (Å²) in [4.78, 5) is 13.2. The molecular weight excluding hydrogens is 307 g/mol. The summed E-state index contributed by atoms with van der Waals surface area (Å²) in [5.74, 6) is -3.79. The minimum absolute atomic E-state index is 0.0498. The number of benzene rings is 1. The Labute approximate surface area is 124 Å². The molecule has 8 heteroatoms. The van der Waals surface area contributed by atoms with E-state index in [1.165, 1.54) is 4.90 Å². The largest absolute Gasteiger partial charge is 0.393 e. The molecule has 1 aliphatic rings. The Kier molecular flexibility index (Phi) is 5.00. The molecule has 1 heterocycles. The van der Waals surface area contributed by atoms with Crippen molar-refractivity contribution < 1.29 is 26.7 Å². The first-order valence-corrected chi connectivity index (χ1v) is 6.79. The van der Waals surface area contributed by atoms with Crippen LogP contribution in [0.3, 0.4) is 0 Å². The van der Waals surface area contributed by atoms with Crippen LogP contribution in [0.2, 0.25) is 0 Å². The fraction of sp³-hybridized carbons (Fsp3) is 0.500. The molecule has 122 valence electrons. The molecule has 0 aromatic heterocycles. The first-order valence-electron chi connectivity index (χ1n) is 6.79. The number of nitrogens with one attached hydrogen (secondary N) is 1. The van der Waals surface area contributed by atoms with Gasteiger partial charge in [-0.3, -0.25) is 9.69 Å². The zero-order valence-corrected chi connectivity index (χ0v) is 11.6. The Bertz CT molecular complexity index is 547. The van der Waals surface area contributed by atoms with Gasteiger partial charge in [-0.25, -0.2) is 8.78 Å². The van der Waals surface area contributed by atoms with Crippen LogP contribution in [0.15, 0.2) is 18.2 Å². The number of anilines is 1. The predicted octanol–water partition coefficient (Wildman–Crippen LogP) is 3.18. The quantitative estimate of drug-likeness (QED) is 0.867. The number of likely N-dealkylation sites (tertiary alicyclic amines) is 1.